The second-order valence-corrected chi connectivity index (χ2v) is 13.7. The highest BCUT2D eigenvalue weighted by molar-refractivity contribution is 6.06. The van der Waals surface area contributed by atoms with Crippen LogP contribution in [0.4, 0.5) is 0 Å². The van der Waals surface area contributed by atoms with Crippen LogP contribution in [-0.2, 0) is 22.4 Å². The molecule has 0 unspecified atom stereocenters. The van der Waals surface area contributed by atoms with Crippen LogP contribution in [0.15, 0.2) is 36.4 Å². The standard InChI is InChI=1S/C39H58N2O6/c1-39(2,37(42)19-15-31-13-17-33(35(29-31)44-3)46-27-11-25-40-21-7-5-8-22-40)38(43)20-16-32-14-18-34(36(30-32)45-4)47-28-12-26-41-23-9-6-10-24-41/h13-14,17-18,29-30H,5-12,15-16,19-28H2,1-4H3. The Morgan fingerprint density at radius 2 is 1.02 bits per heavy atom. The molecule has 47 heavy (non-hydrogen) atoms. The number of methoxy groups -OCH3 is 2. The molecule has 0 spiro atoms. The minimum atomic E-state index is -1.05. The SMILES string of the molecule is COc1cc(CCC(=O)C(C)(C)C(=O)CCc2ccc(OCCCN3CCCCC3)c(OC)c2)ccc1OCCCN1CCCCC1. The van der Waals surface area contributed by atoms with Gasteiger partial charge in [0.05, 0.1) is 32.8 Å². The predicted octanol–water partition coefficient (Wildman–Crippen LogP) is 6.94. The number of rotatable bonds is 20. The maximum atomic E-state index is 13.3. The minimum Gasteiger partial charge on any atom is -0.493 e. The van der Waals surface area contributed by atoms with Gasteiger partial charge in [-0.2, -0.15) is 0 Å². The van der Waals surface area contributed by atoms with E-state index in [-0.39, 0.29) is 24.4 Å². The number of benzene rings is 2. The Morgan fingerprint density at radius 1 is 0.617 bits per heavy atom. The topological polar surface area (TPSA) is 77.5 Å². The van der Waals surface area contributed by atoms with Crippen molar-refractivity contribution in [1.82, 2.24) is 9.80 Å². The molecule has 2 fully saturated rings. The Morgan fingerprint density at radius 3 is 1.40 bits per heavy atom. The lowest BCUT2D eigenvalue weighted by atomic mass is 9.79. The van der Waals surface area contributed by atoms with Crippen LogP contribution in [0.2, 0.25) is 0 Å². The van der Waals surface area contributed by atoms with E-state index in [0.717, 1.165) is 48.6 Å². The fourth-order valence-corrected chi connectivity index (χ4v) is 6.58. The molecule has 2 aliphatic heterocycles. The number of Topliss-reactive ketones (excluding diaryl/α,β-unsaturated/α-hetero) is 2. The van der Waals surface area contributed by atoms with Gasteiger partial charge >= 0.3 is 0 Å². The number of ketones is 2. The maximum absolute atomic E-state index is 13.3. The van der Waals surface area contributed by atoms with Gasteiger partial charge in [0.15, 0.2) is 23.0 Å². The molecular formula is C39H58N2O6. The van der Waals surface area contributed by atoms with Crippen LogP contribution in [0.5, 0.6) is 23.0 Å². The van der Waals surface area contributed by atoms with E-state index in [1.54, 1.807) is 28.1 Å². The maximum Gasteiger partial charge on any atom is 0.161 e. The highest BCUT2D eigenvalue weighted by Crippen LogP contribution is 2.31. The molecule has 2 heterocycles. The first kappa shape index (κ1) is 36.7. The van der Waals surface area contributed by atoms with Crippen molar-refractivity contribution in [3.63, 3.8) is 0 Å². The summed E-state index contributed by atoms with van der Waals surface area (Å²) >= 11 is 0. The highest BCUT2D eigenvalue weighted by Gasteiger charge is 2.34. The van der Waals surface area contributed by atoms with E-state index in [1.807, 2.05) is 36.4 Å². The van der Waals surface area contributed by atoms with Gasteiger partial charge in [0.1, 0.15) is 11.6 Å². The average molecular weight is 651 g/mol. The van der Waals surface area contributed by atoms with E-state index < -0.39 is 5.41 Å². The van der Waals surface area contributed by atoms with Gasteiger partial charge in [0, 0.05) is 25.9 Å². The Bertz CT molecular complexity index is 1170. The third-order valence-corrected chi connectivity index (χ3v) is 9.78. The second-order valence-electron chi connectivity index (χ2n) is 13.7. The fraction of sp³-hybridized carbons (Fsp3) is 0.641. The van der Waals surface area contributed by atoms with E-state index in [1.165, 1.54) is 64.7 Å². The van der Waals surface area contributed by atoms with Gasteiger partial charge in [-0.3, -0.25) is 9.59 Å². The Balaban J connectivity index is 1.19. The molecule has 0 bridgehead atoms. The molecule has 0 aromatic heterocycles. The Labute approximate surface area is 283 Å². The second kappa shape index (κ2) is 19.0. The largest absolute Gasteiger partial charge is 0.493 e. The molecule has 0 atom stereocenters. The van der Waals surface area contributed by atoms with Crippen molar-refractivity contribution in [3.05, 3.63) is 47.5 Å². The van der Waals surface area contributed by atoms with Gasteiger partial charge in [-0.1, -0.05) is 25.0 Å². The monoisotopic (exact) mass is 650 g/mol. The van der Waals surface area contributed by atoms with E-state index >= 15 is 0 Å². The summed E-state index contributed by atoms with van der Waals surface area (Å²) in [4.78, 5) is 31.6. The van der Waals surface area contributed by atoms with Crippen molar-refractivity contribution in [1.29, 1.82) is 0 Å². The Hall–Kier alpha value is -3.10. The van der Waals surface area contributed by atoms with Gasteiger partial charge < -0.3 is 28.7 Å². The van der Waals surface area contributed by atoms with Crippen LogP contribution in [0.1, 0.15) is 89.2 Å². The first-order chi connectivity index (χ1) is 22.8. The number of nitrogens with zero attached hydrogens (tertiary/aromatic N) is 2. The minimum absolute atomic E-state index is 0.0506. The lowest BCUT2D eigenvalue weighted by molar-refractivity contribution is -0.138. The number of hydrogen-bond acceptors (Lipinski definition) is 8. The van der Waals surface area contributed by atoms with Crippen LogP contribution < -0.4 is 18.9 Å². The summed E-state index contributed by atoms with van der Waals surface area (Å²) in [5.41, 5.74) is 0.920. The van der Waals surface area contributed by atoms with Crippen molar-refractivity contribution in [2.75, 3.05) is 66.7 Å². The quantitative estimate of drug-likeness (QED) is 0.113. The third-order valence-electron chi connectivity index (χ3n) is 9.78. The molecule has 0 radical (unpaired) electrons. The van der Waals surface area contributed by atoms with Crippen LogP contribution in [0, 0.1) is 5.41 Å². The number of carbonyl (C=O) groups excluding carboxylic acids is 2. The zero-order valence-corrected chi connectivity index (χ0v) is 29.5. The summed E-state index contributed by atoms with van der Waals surface area (Å²) in [6.07, 6.45) is 11.5. The zero-order chi connectivity index (χ0) is 33.5. The van der Waals surface area contributed by atoms with Crippen LogP contribution >= 0.6 is 0 Å². The number of aryl methyl sites for hydroxylation is 2. The molecule has 2 aliphatic rings. The normalized spacial score (nSPS) is 16.1. The molecule has 0 aliphatic carbocycles. The number of likely N-dealkylation sites (tertiary alicyclic amines) is 2. The summed E-state index contributed by atoms with van der Waals surface area (Å²) < 4.78 is 23.3. The van der Waals surface area contributed by atoms with Crippen LogP contribution in [0.25, 0.3) is 0 Å². The lowest BCUT2D eigenvalue weighted by Gasteiger charge is -2.26. The number of carbonyl (C=O) groups is 2. The first-order valence-electron chi connectivity index (χ1n) is 17.9. The number of ether oxygens (including phenoxy) is 4. The van der Waals surface area contributed by atoms with E-state index in [2.05, 4.69) is 9.80 Å². The molecule has 8 heteroatoms. The van der Waals surface area contributed by atoms with Crippen molar-refractivity contribution >= 4 is 11.6 Å². The summed E-state index contributed by atoms with van der Waals surface area (Å²) in [5.74, 6) is 2.69. The van der Waals surface area contributed by atoms with Crippen molar-refractivity contribution in [3.8, 4) is 23.0 Å². The van der Waals surface area contributed by atoms with Gasteiger partial charge in [-0.15, -0.1) is 0 Å². The summed E-state index contributed by atoms with van der Waals surface area (Å²) in [6.45, 7) is 11.7. The fourth-order valence-electron chi connectivity index (χ4n) is 6.58. The van der Waals surface area contributed by atoms with Crippen LogP contribution in [0.3, 0.4) is 0 Å². The van der Waals surface area contributed by atoms with Gasteiger partial charge in [0.25, 0.3) is 0 Å². The number of piperidine rings is 2. The summed E-state index contributed by atoms with van der Waals surface area (Å²) in [7, 11) is 3.28. The Kier molecular flexibility index (Phi) is 14.9. The molecule has 2 aromatic carbocycles. The highest BCUT2D eigenvalue weighted by atomic mass is 16.5. The number of hydrogen-bond donors (Lipinski definition) is 0. The van der Waals surface area contributed by atoms with Gasteiger partial charge in [0.2, 0.25) is 0 Å². The molecule has 2 aromatic rings. The first-order valence-corrected chi connectivity index (χ1v) is 17.9. The van der Waals surface area contributed by atoms with Crippen molar-refractivity contribution in [2.45, 2.75) is 90.9 Å². The molecule has 0 saturated carbocycles. The van der Waals surface area contributed by atoms with Crippen molar-refractivity contribution < 1.29 is 28.5 Å². The van der Waals surface area contributed by atoms with E-state index in [9.17, 15) is 9.59 Å². The smallest absolute Gasteiger partial charge is 0.161 e. The third kappa shape index (κ3) is 11.5. The van der Waals surface area contributed by atoms with E-state index in [0.29, 0.717) is 37.6 Å². The molecular weight excluding hydrogens is 592 g/mol. The predicted molar refractivity (Wildman–Crippen MR) is 187 cm³/mol. The molecule has 4 rings (SSSR count). The average Bonchev–Trinajstić information content (AvgIpc) is 3.11. The van der Waals surface area contributed by atoms with Crippen LogP contribution in [-0.4, -0.2) is 88.1 Å². The molecule has 2 saturated heterocycles. The summed E-state index contributed by atoms with van der Waals surface area (Å²) in [6, 6.07) is 11.7. The molecule has 260 valence electrons. The van der Waals surface area contributed by atoms with E-state index in [4.69, 9.17) is 18.9 Å². The zero-order valence-electron chi connectivity index (χ0n) is 29.5. The molecule has 8 nitrogen and oxygen atoms in total. The lowest BCUT2D eigenvalue weighted by Crippen LogP contribution is -2.34. The molecule has 0 amide bonds. The van der Waals surface area contributed by atoms with Gasteiger partial charge in [-0.05, 0) is 127 Å². The summed E-state index contributed by atoms with van der Waals surface area (Å²) in [5, 5.41) is 0. The molecule has 0 N–H and O–H groups in total. The van der Waals surface area contributed by atoms with Gasteiger partial charge in [-0.25, -0.2) is 0 Å². The van der Waals surface area contributed by atoms with Crippen molar-refractivity contribution in [2.24, 2.45) is 5.41 Å².